The van der Waals surface area contributed by atoms with Crippen LogP contribution in [0.3, 0.4) is 0 Å². The summed E-state index contributed by atoms with van der Waals surface area (Å²) >= 11 is 0. The second-order valence-electron chi connectivity index (χ2n) is 5.38. The van der Waals surface area contributed by atoms with Crippen molar-refractivity contribution < 1.29 is 14.3 Å². The summed E-state index contributed by atoms with van der Waals surface area (Å²) in [6, 6.07) is 8.08. The molecule has 2 bridgehead atoms. The molecule has 100 valence electrons. The van der Waals surface area contributed by atoms with Gasteiger partial charge in [-0.2, -0.15) is 0 Å². The third-order valence-corrected chi connectivity index (χ3v) is 4.42. The van der Waals surface area contributed by atoms with E-state index in [4.69, 9.17) is 4.74 Å². The number of ketones is 1. The Morgan fingerprint density at radius 1 is 1.26 bits per heavy atom. The number of hydrogen-bond donors (Lipinski definition) is 0. The smallest absolute Gasteiger partial charge is 0.306 e. The molecule has 2 aliphatic carbocycles. The monoisotopic (exact) mass is 258 g/mol. The molecule has 0 aliphatic heterocycles. The molecule has 0 N–H and O–H groups in total. The average Bonchev–Trinajstić information content (AvgIpc) is 2.69. The van der Waals surface area contributed by atoms with Gasteiger partial charge in [0.05, 0.1) is 13.0 Å². The average molecular weight is 258 g/mol. The first kappa shape index (κ1) is 12.4. The molecule has 3 atom stereocenters. The van der Waals surface area contributed by atoms with Crippen LogP contribution in [0.1, 0.15) is 49.1 Å². The van der Waals surface area contributed by atoms with Crippen molar-refractivity contribution in [2.75, 3.05) is 6.61 Å². The van der Waals surface area contributed by atoms with Gasteiger partial charge in [0.15, 0.2) is 0 Å². The molecule has 1 aromatic carbocycles. The maximum absolute atomic E-state index is 12.3. The molecule has 0 heterocycles. The predicted molar refractivity (Wildman–Crippen MR) is 70.9 cm³/mol. The molecule has 1 fully saturated rings. The van der Waals surface area contributed by atoms with E-state index < -0.39 is 0 Å². The third kappa shape index (κ3) is 1.97. The van der Waals surface area contributed by atoms with Crippen molar-refractivity contribution in [2.45, 2.75) is 38.0 Å². The fraction of sp³-hybridized carbons (Fsp3) is 0.500. The Labute approximate surface area is 113 Å². The summed E-state index contributed by atoms with van der Waals surface area (Å²) in [5.41, 5.74) is 2.32. The molecule has 1 unspecified atom stereocenters. The molecule has 3 nitrogen and oxygen atoms in total. The summed E-state index contributed by atoms with van der Waals surface area (Å²) in [5, 5.41) is 0. The van der Waals surface area contributed by atoms with Gasteiger partial charge in [-0.1, -0.05) is 24.3 Å². The van der Waals surface area contributed by atoms with Crippen molar-refractivity contribution in [3.8, 4) is 0 Å². The summed E-state index contributed by atoms with van der Waals surface area (Å²) in [7, 11) is 0. The maximum Gasteiger partial charge on any atom is 0.306 e. The normalized spacial score (nSPS) is 28.1. The Kier molecular flexibility index (Phi) is 3.13. The highest BCUT2D eigenvalue weighted by Crippen LogP contribution is 2.50. The van der Waals surface area contributed by atoms with Crippen molar-refractivity contribution in [1.82, 2.24) is 0 Å². The number of ether oxygens (including phenoxy) is 1. The van der Waals surface area contributed by atoms with Crippen LogP contribution in [0.4, 0.5) is 0 Å². The van der Waals surface area contributed by atoms with Crippen LogP contribution in [0.25, 0.3) is 0 Å². The lowest BCUT2D eigenvalue weighted by molar-refractivity contribution is -0.144. The van der Waals surface area contributed by atoms with E-state index in [1.54, 1.807) is 0 Å². The number of hydrogen-bond acceptors (Lipinski definition) is 3. The fourth-order valence-electron chi connectivity index (χ4n) is 3.63. The van der Waals surface area contributed by atoms with Crippen molar-refractivity contribution >= 4 is 11.8 Å². The molecule has 1 saturated carbocycles. The van der Waals surface area contributed by atoms with Crippen LogP contribution in [0, 0.1) is 5.92 Å². The zero-order valence-electron chi connectivity index (χ0n) is 11.1. The topological polar surface area (TPSA) is 43.4 Å². The zero-order valence-corrected chi connectivity index (χ0v) is 11.1. The van der Waals surface area contributed by atoms with Crippen molar-refractivity contribution in [2.24, 2.45) is 5.92 Å². The van der Waals surface area contributed by atoms with E-state index in [1.165, 1.54) is 5.56 Å². The number of carbonyl (C=O) groups excluding carboxylic acids is 2. The maximum atomic E-state index is 12.3. The summed E-state index contributed by atoms with van der Waals surface area (Å²) < 4.78 is 5.05. The predicted octanol–water partition coefficient (Wildman–Crippen LogP) is 2.80. The Hall–Kier alpha value is -1.64. The van der Waals surface area contributed by atoms with Gasteiger partial charge in [0.1, 0.15) is 5.78 Å². The molecule has 19 heavy (non-hydrogen) atoms. The van der Waals surface area contributed by atoms with E-state index in [9.17, 15) is 9.59 Å². The standard InChI is InChI=1S/C16H18O3/c1-2-19-15(17)9-14-11-6-4-3-5-10(11)12-7-8-13(14)16(12)18/h3-6,12-14H,2,7-9H2,1H3/t12-,13+,14?/m1/s1. The first-order valence-corrected chi connectivity index (χ1v) is 7.00. The van der Waals surface area contributed by atoms with Gasteiger partial charge in [-0.25, -0.2) is 0 Å². The van der Waals surface area contributed by atoms with Crippen LogP contribution in [0.15, 0.2) is 24.3 Å². The number of esters is 1. The molecular weight excluding hydrogens is 240 g/mol. The number of benzene rings is 1. The molecule has 1 aromatic rings. The summed E-state index contributed by atoms with van der Waals surface area (Å²) in [5.74, 6) is 0.235. The molecular formula is C16H18O3. The Morgan fingerprint density at radius 3 is 2.74 bits per heavy atom. The SMILES string of the molecule is CCOC(=O)CC1c2ccccc2[C@H]2CC[C@@H]1C2=O. The van der Waals surface area contributed by atoms with Crippen molar-refractivity contribution in [1.29, 1.82) is 0 Å². The summed E-state index contributed by atoms with van der Waals surface area (Å²) in [6.45, 7) is 2.21. The molecule has 0 spiro atoms. The second-order valence-corrected chi connectivity index (χ2v) is 5.38. The van der Waals surface area contributed by atoms with E-state index in [0.717, 1.165) is 18.4 Å². The van der Waals surface area contributed by atoms with Crippen LogP contribution in [0.2, 0.25) is 0 Å². The van der Waals surface area contributed by atoms with Crippen LogP contribution < -0.4 is 0 Å². The summed E-state index contributed by atoms with van der Waals surface area (Å²) in [4.78, 5) is 24.1. The number of rotatable bonds is 3. The minimum absolute atomic E-state index is 0.0153. The highest BCUT2D eigenvalue weighted by molar-refractivity contribution is 5.93. The van der Waals surface area contributed by atoms with Crippen LogP contribution in [0.5, 0.6) is 0 Å². The molecule has 3 heteroatoms. The first-order chi connectivity index (χ1) is 9.22. The lowest BCUT2D eigenvalue weighted by atomic mass is 9.73. The van der Waals surface area contributed by atoms with Crippen LogP contribution in [-0.2, 0) is 14.3 Å². The second kappa shape index (κ2) is 4.80. The van der Waals surface area contributed by atoms with Gasteiger partial charge in [-0.3, -0.25) is 9.59 Å². The van der Waals surface area contributed by atoms with E-state index in [0.29, 0.717) is 18.8 Å². The molecule has 3 rings (SSSR count). The first-order valence-electron chi connectivity index (χ1n) is 7.00. The quantitative estimate of drug-likeness (QED) is 0.783. The zero-order chi connectivity index (χ0) is 13.4. The lowest BCUT2D eigenvalue weighted by Gasteiger charge is -2.30. The number of carbonyl (C=O) groups is 2. The van der Waals surface area contributed by atoms with Crippen molar-refractivity contribution in [3.05, 3.63) is 35.4 Å². The molecule has 0 amide bonds. The van der Waals surface area contributed by atoms with Crippen LogP contribution >= 0.6 is 0 Å². The Morgan fingerprint density at radius 2 is 2.00 bits per heavy atom. The lowest BCUT2D eigenvalue weighted by Crippen LogP contribution is -2.28. The van der Waals surface area contributed by atoms with E-state index >= 15 is 0 Å². The van der Waals surface area contributed by atoms with Crippen LogP contribution in [-0.4, -0.2) is 18.4 Å². The molecule has 2 aliphatic rings. The third-order valence-electron chi connectivity index (χ3n) is 4.42. The highest BCUT2D eigenvalue weighted by Gasteiger charge is 2.46. The van der Waals surface area contributed by atoms with Gasteiger partial charge in [-0.15, -0.1) is 0 Å². The largest absolute Gasteiger partial charge is 0.466 e. The Bertz CT molecular complexity index is 520. The van der Waals surface area contributed by atoms with Crippen molar-refractivity contribution in [3.63, 3.8) is 0 Å². The van der Waals surface area contributed by atoms with Gasteiger partial charge in [-0.05, 0) is 30.9 Å². The number of Topliss-reactive ketones (excluding diaryl/α,β-unsaturated/α-hetero) is 1. The fourth-order valence-corrected chi connectivity index (χ4v) is 3.63. The van der Waals surface area contributed by atoms with Gasteiger partial charge in [0.2, 0.25) is 0 Å². The van der Waals surface area contributed by atoms with E-state index in [-0.39, 0.29) is 23.7 Å². The minimum atomic E-state index is -0.194. The minimum Gasteiger partial charge on any atom is -0.466 e. The van der Waals surface area contributed by atoms with Gasteiger partial charge in [0.25, 0.3) is 0 Å². The highest BCUT2D eigenvalue weighted by atomic mass is 16.5. The summed E-state index contributed by atoms with van der Waals surface area (Å²) in [6.07, 6.45) is 2.16. The molecule has 0 saturated heterocycles. The van der Waals surface area contributed by atoms with Gasteiger partial charge < -0.3 is 4.74 Å². The molecule has 0 aromatic heterocycles. The van der Waals surface area contributed by atoms with Gasteiger partial charge in [0, 0.05) is 17.8 Å². The Balaban J connectivity index is 1.95. The number of fused-ring (bicyclic) bond motifs is 4. The molecule has 0 radical (unpaired) electrons. The van der Waals surface area contributed by atoms with E-state index in [1.807, 2.05) is 25.1 Å². The van der Waals surface area contributed by atoms with E-state index in [2.05, 4.69) is 6.07 Å². The van der Waals surface area contributed by atoms with Gasteiger partial charge >= 0.3 is 5.97 Å².